The second-order valence-electron chi connectivity index (χ2n) is 6.79. The van der Waals surface area contributed by atoms with Gasteiger partial charge < -0.3 is 4.90 Å². The molecule has 1 aliphatic rings. The van der Waals surface area contributed by atoms with Crippen molar-refractivity contribution >= 4 is 5.78 Å². The minimum atomic E-state index is 0.145. The molecule has 0 spiro atoms. The minimum Gasteiger partial charge on any atom is -0.306 e. The normalized spacial score (nSPS) is 21.4. The summed E-state index contributed by atoms with van der Waals surface area (Å²) in [5.41, 5.74) is 2.30. The van der Waals surface area contributed by atoms with E-state index in [2.05, 4.69) is 44.9 Å². The third kappa shape index (κ3) is 3.44. The first kappa shape index (κ1) is 14.3. The molecule has 2 nitrogen and oxygen atoms in total. The average Bonchev–Trinajstić information content (AvgIpc) is 2.37. The summed E-state index contributed by atoms with van der Waals surface area (Å²) < 4.78 is 0. The molecule has 1 aromatic rings. The second-order valence-corrected chi connectivity index (χ2v) is 6.79. The quantitative estimate of drug-likeness (QED) is 0.758. The van der Waals surface area contributed by atoms with Crippen LogP contribution < -0.4 is 0 Å². The van der Waals surface area contributed by atoms with E-state index in [1.54, 1.807) is 0 Å². The molecule has 0 aromatic heterocycles. The number of rotatable bonds is 2. The summed E-state index contributed by atoms with van der Waals surface area (Å²) in [5, 5.41) is 0. The molecule has 2 rings (SSSR count). The summed E-state index contributed by atoms with van der Waals surface area (Å²) in [6, 6.07) is 8.19. The van der Waals surface area contributed by atoms with Crippen LogP contribution >= 0.6 is 0 Å². The SMILES string of the molecule is CN1CCCC(C(=O)c2ccc(C(C)(C)C)cc2)C1. The van der Waals surface area contributed by atoms with Crippen LogP contribution in [-0.2, 0) is 5.41 Å². The van der Waals surface area contributed by atoms with Gasteiger partial charge in [-0.05, 0) is 37.4 Å². The van der Waals surface area contributed by atoms with Crippen LogP contribution in [0.1, 0.15) is 49.5 Å². The van der Waals surface area contributed by atoms with Gasteiger partial charge in [0.2, 0.25) is 0 Å². The number of benzene rings is 1. The van der Waals surface area contributed by atoms with Crippen LogP contribution in [0.3, 0.4) is 0 Å². The zero-order valence-electron chi connectivity index (χ0n) is 12.6. The van der Waals surface area contributed by atoms with E-state index in [4.69, 9.17) is 0 Å². The van der Waals surface area contributed by atoms with Gasteiger partial charge in [-0.2, -0.15) is 0 Å². The molecule has 0 bridgehead atoms. The topological polar surface area (TPSA) is 20.3 Å². The number of carbonyl (C=O) groups excluding carboxylic acids is 1. The zero-order valence-corrected chi connectivity index (χ0v) is 12.6. The third-order valence-electron chi connectivity index (χ3n) is 4.03. The van der Waals surface area contributed by atoms with Crippen molar-refractivity contribution in [3.63, 3.8) is 0 Å². The molecule has 0 amide bonds. The summed E-state index contributed by atoms with van der Waals surface area (Å²) in [7, 11) is 2.10. The van der Waals surface area contributed by atoms with E-state index in [1.807, 2.05) is 12.1 Å². The van der Waals surface area contributed by atoms with Crippen LogP contribution in [0.4, 0.5) is 0 Å². The Labute approximate surface area is 116 Å². The Balaban J connectivity index is 2.11. The van der Waals surface area contributed by atoms with E-state index in [1.165, 1.54) is 5.56 Å². The molecule has 0 aliphatic carbocycles. The number of nitrogens with zero attached hydrogens (tertiary/aromatic N) is 1. The number of piperidine rings is 1. The molecule has 104 valence electrons. The van der Waals surface area contributed by atoms with E-state index in [-0.39, 0.29) is 11.3 Å². The summed E-state index contributed by atoms with van der Waals surface area (Å²) in [5.74, 6) is 0.492. The van der Waals surface area contributed by atoms with Crippen molar-refractivity contribution in [3.8, 4) is 0 Å². The molecule has 0 radical (unpaired) electrons. The molecule has 1 atom stereocenters. The fourth-order valence-electron chi connectivity index (χ4n) is 2.75. The predicted molar refractivity (Wildman–Crippen MR) is 79.7 cm³/mol. The summed E-state index contributed by atoms with van der Waals surface area (Å²) in [6.07, 6.45) is 2.16. The van der Waals surface area contributed by atoms with Crippen molar-refractivity contribution in [2.24, 2.45) is 5.92 Å². The standard InChI is InChI=1S/C17H25NO/c1-17(2,3)15-9-7-13(8-10-15)16(19)14-6-5-11-18(4)12-14/h7-10,14H,5-6,11-12H2,1-4H3. The molecule has 1 unspecified atom stereocenters. The number of hydrogen-bond donors (Lipinski definition) is 0. The van der Waals surface area contributed by atoms with E-state index >= 15 is 0 Å². The molecule has 2 heteroatoms. The molecule has 1 aromatic carbocycles. The number of likely N-dealkylation sites (tertiary alicyclic amines) is 1. The number of Topliss-reactive ketones (excluding diaryl/α,β-unsaturated/α-hetero) is 1. The lowest BCUT2D eigenvalue weighted by Gasteiger charge is -2.28. The van der Waals surface area contributed by atoms with Gasteiger partial charge in [0.25, 0.3) is 0 Å². The maximum Gasteiger partial charge on any atom is 0.167 e. The van der Waals surface area contributed by atoms with E-state index in [0.717, 1.165) is 31.5 Å². The second kappa shape index (κ2) is 5.46. The number of ketones is 1. The minimum absolute atomic E-state index is 0.145. The Hall–Kier alpha value is -1.15. The van der Waals surface area contributed by atoms with Crippen molar-refractivity contribution in [1.29, 1.82) is 0 Å². The Morgan fingerprint density at radius 2 is 1.84 bits per heavy atom. The van der Waals surface area contributed by atoms with Gasteiger partial charge in [-0.25, -0.2) is 0 Å². The Kier molecular flexibility index (Phi) is 4.10. The largest absolute Gasteiger partial charge is 0.306 e. The Morgan fingerprint density at radius 3 is 2.37 bits per heavy atom. The molecule has 1 aliphatic heterocycles. The maximum absolute atomic E-state index is 12.5. The third-order valence-corrected chi connectivity index (χ3v) is 4.03. The molecular weight excluding hydrogens is 234 g/mol. The Bertz CT molecular complexity index is 441. The highest BCUT2D eigenvalue weighted by atomic mass is 16.1. The van der Waals surface area contributed by atoms with Gasteiger partial charge in [0, 0.05) is 18.0 Å². The van der Waals surface area contributed by atoms with Crippen LogP contribution in [0.15, 0.2) is 24.3 Å². The van der Waals surface area contributed by atoms with Gasteiger partial charge >= 0.3 is 0 Å². The smallest absolute Gasteiger partial charge is 0.167 e. The lowest BCUT2D eigenvalue weighted by molar-refractivity contribution is 0.0843. The van der Waals surface area contributed by atoms with Crippen molar-refractivity contribution in [3.05, 3.63) is 35.4 Å². The highest BCUT2D eigenvalue weighted by Crippen LogP contribution is 2.24. The van der Waals surface area contributed by atoms with Gasteiger partial charge in [-0.1, -0.05) is 45.0 Å². The average molecular weight is 259 g/mol. The summed E-state index contributed by atoms with van der Waals surface area (Å²) >= 11 is 0. The highest BCUT2D eigenvalue weighted by molar-refractivity contribution is 5.98. The van der Waals surface area contributed by atoms with Crippen molar-refractivity contribution < 1.29 is 4.79 Å². The molecule has 0 saturated carbocycles. The lowest BCUT2D eigenvalue weighted by atomic mass is 9.85. The molecule has 1 fully saturated rings. The first-order chi connectivity index (χ1) is 8.88. The number of carbonyl (C=O) groups is 1. The van der Waals surface area contributed by atoms with Crippen LogP contribution in [0.2, 0.25) is 0 Å². The van der Waals surface area contributed by atoms with Crippen LogP contribution in [0.25, 0.3) is 0 Å². The van der Waals surface area contributed by atoms with Crippen LogP contribution in [0.5, 0.6) is 0 Å². The summed E-state index contributed by atoms with van der Waals surface area (Å²) in [4.78, 5) is 14.7. The number of hydrogen-bond acceptors (Lipinski definition) is 2. The molecule has 0 N–H and O–H groups in total. The molecule has 19 heavy (non-hydrogen) atoms. The molecule has 1 saturated heterocycles. The zero-order chi connectivity index (χ0) is 14.0. The van der Waals surface area contributed by atoms with E-state index < -0.39 is 0 Å². The van der Waals surface area contributed by atoms with Gasteiger partial charge in [-0.15, -0.1) is 0 Å². The highest BCUT2D eigenvalue weighted by Gasteiger charge is 2.25. The lowest BCUT2D eigenvalue weighted by Crippen LogP contribution is -2.36. The summed E-state index contributed by atoms with van der Waals surface area (Å²) in [6.45, 7) is 8.60. The first-order valence-electron chi connectivity index (χ1n) is 7.21. The molecular formula is C17H25NO. The van der Waals surface area contributed by atoms with Gasteiger partial charge in [0.15, 0.2) is 5.78 Å². The monoisotopic (exact) mass is 259 g/mol. The maximum atomic E-state index is 12.5. The Morgan fingerprint density at radius 1 is 1.21 bits per heavy atom. The first-order valence-corrected chi connectivity index (χ1v) is 7.21. The van der Waals surface area contributed by atoms with Crippen molar-refractivity contribution in [1.82, 2.24) is 4.90 Å². The fraction of sp³-hybridized carbons (Fsp3) is 0.588. The van der Waals surface area contributed by atoms with Crippen LogP contribution in [-0.4, -0.2) is 30.8 Å². The van der Waals surface area contributed by atoms with E-state index in [9.17, 15) is 4.79 Å². The van der Waals surface area contributed by atoms with Gasteiger partial charge in [0.1, 0.15) is 0 Å². The van der Waals surface area contributed by atoms with Gasteiger partial charge in [-0.3, -0.25) is 4.79 Å². The van der Waals surface area contributed by atoms with E-state index in [0.29, 0.717) is 5.78 Å². The predicted octanol–water partition coefficient (Wildman–Crippen LogP) is 3.51. The van der Waals surface area contributed by atoms with Crippen molar-refractivity contribution in [2.45, 2.75) is 39.0 Å². The van der Waals surface area contributed by atoms with Gasteiger partial charge in [0.05, 0.1) is 0 Å². The molecule has 1 heterocycles. The fourth-order valence-corrected chi connectivity index (χ4v) is 2.75. The van der Waals surface area contributed by atoms with Crippen LogP contribution in [0, 0.1) is 5.92 Å². The van der Waals surface area contributed by atoms with Crippen molar-refractivity contribution in [2.75, 3.05) is 20.1 Å².